The van der Waals surface area contributed by atoms with Gasteiger partial charge in [-0.15, -0.1) is 0 Å². The van der Waals surface area contributed by atoms with Crippen molar-refractivity contribution in [2.75, 3.05) is 7.05 Å². The van der Waals surface area contributed by atoms with Gasteiger partial charge in [0, 0.05) is 24.5 Å². The number of fused-ring (bicyclic) bond motifs is 3. The van der Waals surface area contributed by atoms with Crippen LogP contribution in [0.5, 0.6) is 0 Å². The van der Waals surface area contributed by atoms with Gasteiger partial charge in [-0.3, -0.25) is 29.0 Å². The van der Waals surface area contributed by atoms with Crippen LogP contribution in [0.1, 0.15) is 73.7 Å². The molecule has 270 valence electrons. The zero-order valence-electron chi connectivity index (χ0n) is 30.3. The molecule has 4 atom stereocenters. The summed E-state index contributed by atoms with van der Waals surface area (Å²) in [6.45, 7) is 12.7. The smallest absolute Gasteiger partial charge is 0.268 e. The van der Waals surface area contributed by atoms with E-state index >= 15 is 0 Å². The second kappa shape index (κ2) is 12.7. The molecule has 1 fully saturated rings. The third-order valence-corrected chi connectivity index (χ3v) is 19.1. The Morgan fingerprint density at radius 2 is 1.21 bits per heavy atom. The van der Waals surface area contributed by atoms with Gasteiger partial charge in [-0.2, -0.15) is 0 Å². The summed E-state index contributed by atoms with van der Waals surface area (Å²) in [5, 5.41) is 0.593. The van der Waals surface area contributed by atoms with Crippen molar-refractivity contribution in [3.05, 3.63) is 114 Å². The molecule has 1 saturated heterocycles. The molecule has 3 aromatic carbocycles. The first-order valence-corrected chi connectivity index (χ1v) is 21.3. The zero-order valence-corrected chi connectivity index (χ0v) is 32.1. The fourth-order valence-electron chi connectivity index (χ4n) is 9.16. The maximum Gasteiger partial charge on any atom is 0.268 e. The average molecular weight is 738 g/mol. The summed E-state index contributed by atoms with van der Waals surface area (Å²) >= 11 is 0. The van der Waals surface area contributed by atoms with Gasteiger partial charge in [0.1, 0.15) is 6.04 Å². The van der Waals surface area contributed by atoms with Gasteiger partial charge in [-0.05, 0) is 58.6 Å². The first-order chi connectivity index (χ1) is 24.6. The first-order valence-electron chi connectivity index (χ1n) is 17.7. The van der Waals surface area contributed by atoms with Crippen LogP contribution < -0.4 is 0 Å². The molecule has 0 unspecified atom stereocenters. The average Bonchev–Trinajstić information content (AvgIpc) is 3.71. The summed E-state index contributed by atoms with van der Waals surface area (Å²) < 4.78 is 36.9. The van der Waals surface area contributed by atoms with Crippen molar-refractivity contribution in [1.82, 2.24) is 13.8 Å². The van der Waals surface area contributed by atoms with Crippen LogP contribution in [0.2, 0.25) is 16.6 Å². The highest BCUT2D eigenvalue weighted by Gasteiger charge is 2.62. The van der Waals surface area contributed by atoms with Crippen molar-refractivity contribution >= 4 is 52.9 Å². The number of benzene rings is 3. The number of likely N-dealkylation sites (tertiary alicyclic amines) is 1. The number of amides is 4. The number of hydrogen-bond acceptors (Lipinski definition) is 7. The monoisotopic (exact) mass is 737 g/mol. The van der Waals surface area contributed by atoms with E-state index in [0.29, 0.717) is 22.2 Å². The van der Waals surface area contributed by atoms with E-state index in [2.05, 4.69) is 41.5 Å². The number of nitrogens with zero attached hydrogens (tertiary/aromatic N) is 3. The molecular weight excluding hydrogens is 695 g/mol. The molecule has 1 aromatic heterocycles. The molecule has 4 aromatic rings. The molecule has 0 bridgehead atoms. The highest BCUT2D eigenvalue weighted by atomic mass is 32.2. The van der Waals surface area contributed by atoms with Crippen LogP contribution in [0.4, 0.5) is 0 Å². The predicted octanol–water partition coefficient (Wildman–Crippen LogP) is 6.95. The molecule has 4 amide bonds. The lowest BCUT2D eigenvalue weighted by molar-refractivity contribution is -0.138. The Hall–Kier alpha value is -4.81. The van der Waals surface area contributed by atoms with Crippen LogP contribution in [0.15, 0.2) is 102 Å². The van der Waals surface area contributed by atoms with Crippen LogP contribution >= 0.6 is 0 Å². The van der Waals surface area contributed by atoms with E-state index in [4.69, 9.17) is 4.43 Å². The van der Waals surface area contributed by atoms with Crippen LogP contribution in [-0.4, -0.2) is 67.2 Å². The fourth-order valence-corrected chi connectivity index (χ4v) is 15.9. The minimum atomic E-state index is -4.07. The first kappa shape index (κ1) is 35.6. The van der Waals surface area contributed by atoms with E-state index in [1.807, 2.05) is 6.07 Å². The lowest BCUT2D eigenvalue weighted by Gasteiger charge is -2.47. The molecular formula is C40H43N3O7SSi. The van der Waals surface area contributed by atoms with Crippen LogP contribution in [0, 0.1) is 11.8 Å². The van der Waals surface area contributed by atoms with Gasteiger partial charge in [0.2, 0.25) is 11.8 Å². The molecule has 10 nitrogen and oxygen atoms in total. The van der Waals surface area contributed by atoms with Gasteiger partial charge in [-0.25, -0.2) is 12.4 Å². The largest absolute Gasteiger partial charge is 0.544 e. The third kappa shape index (κ3) is 5.05. The minimum absolute atomic E-state index is 0.0916. The fraction of sp³-hybridized carbons (Fsp3) is 0.350. The molecule has 12 heteroatoms. The second-order valence-electron chi connectivity index (χ2n) is 15.0. The van der Waals surface area contributed by atoms with Crippen molar-refractivity contribution in [3.8, 4) is 0 Å². The Bertz CT molecular complexity index is 2220. The predicted molar refractivity (Wildman–Crippen MR) is 199 cm³/mol. The number of rotatable bonds is 9. The van der Waals surface area contributed by atoms with Crippen molar-refractivity contribution in [2.24, 2.45) is 11.8 Å². The quantitative estimate of drug-likeness (QED) is 0.135. The maximum absolute atomic E-state index is 14.4. The topological polar surface area (TPSA) is 123 Å². The number of carbonyl (C=O) groups is 4. The summed E-state index contributed by atoms with van der Waals surface area (Å²) in [4.78, 5) is 59.4. The number of aromatic nitrogens is 1. The number of allylic oxidation sites excluding steroid dienone is 1. The number of imide groups is 2. The molecule has 0 spiro atoms. The molecule has 0 N–H and O–H groups in total. The molecule has 0 radical (unpaired) electrons. The molecule has 1 aliphatic carbocycles. The van der Waals surface area contributed by atoms with E-state index < -0.39 is 65.8 Å². The Labute approximate surface area is 305 Å². The molecule has 52 heavy (non-hydrogen) atoms. The van der Waals surface area contributed by atoms with Gasteiger partial charge in [0.25, 0.3) is 30.2 Å². The Morgan fingerprint density at radius 3 is 1.79 bits per heavy atom. The van der Waals surface area contributed by atoms with Gasteiger partial charge in [0.15, 0.2) is 0 Å². The highest BCUT2D eigenvalue weighted by molar-refractivity contribution is 7.90. The van der Waals surface area contributed by atoms with Crippen LogP contribution in [0.3, 0.4) is 0 Å². The number of para-hydroxylation sites is 1. The van der Waals surface area contributed by atoms with E-state index in [-0.39, 0.29) is 32.6 Å². The van der Waals surface area contributed by atoms with Gasteiger partial charge >= 0.3 is 0 Å². The Kier molecular flexibility index (Phi) is 8.69. The van der Waals surface area contributed by atoms with E-state index in [1.54, 1.807) is 72.9 Å². The second-order valence-corrected chi connectivity index (χ2v) is 22.2. The molecule has 2 aliphatic heterocycles. The summed E-state index contributed by atoms with van der Waals surface area (Å²) in [5.74, 6) is -4.86. The van der Waals surface area contributed by atoms with Crippen LogP contribution in [-0.2, 0) is 24.0 Å². The lowest BCUT2D eigenvalue weighted by atomic mass is 9.70. The van der Waals surface area contributed by atoms with Crippen LogP contribution in [0.25, 0.3) is 10.9 Å². The van der Waals surface area contributed by atoms with Crippen molar-refractivity contribution in [3.63, 3.8) is 0 Å². The van der Waals surface area contributed by atoms with E-state index in [1.165, 1.54) is 23.2 Å². The standard InChI is InChI=1S/C40H43N3O7SSi/c1-23(2)52(24(3)4,25(5)6)50-33-21-30(31-22-42(32-20-14-13-17-27(31)32)51(48,49)26-15-9-8-10-16-26)34-35(40(47)41(7)39(34)46)36(33)43-37(44)28-18-11-12-19-29(28)38(43)45/h8-25,30,34-36H,1-7H3/t30-,34-,35-,36-/m0/s1. The van der Waals surface area contributed by atoms with Crippen molar-refractivity contribution in [1.29, 1.82) is 0 Å². The number of carbonyl (C=O) groups excluding carboxylic acids is 4. The Balaban J connectivity index is 1.51. The maximum atomic E-state index is 14.4. The normalized spacial score (nSPS) is 22.2. The van der Waals surface area contributed by atoms with E-state index in [9.17, 15) is 27.6 Å². The van der Waals surface area contributed by atoms with Gasteiger partial charge < -0.3 is 4.43 Å². The van der Waals surface area contributed by atoms with Crippen molar-refractivity contribution < 1.29 is 32.0 Å². The summed E-state index contributed by atoms with van der Waals surface area (Å²) in [6.07, 6.45) is 3.34. The Morgan fingerprint density at radius 1 is 0.692 bits per heavy atom. The highest BCUT2D eigenvalue weighted by Crippen LogP contribution is 2.53. The van der Waals surface area contributed by atoms with E-state index in [0.717, 1.165) is 9.80 Å². The lowest BCUT2D eigenvalue weighted by Crippen LogP contribution is -2.56. The van der Waals surface area contributed by atoms with Gasteiger partial charge in [0.05, 0.1) is 39.1 Å². The third-order valence-electron chi connectivity index (χ3n) is 11.5. The molecule has 3 aliphatic rings. The molecule has 7 rings (SSSR count). The van der Waals surface area contributed by atoms with Crippen molar-refractivity contribution in [2.45, 2.75) is 75.0 Å². The SMILES string of the molecule is CC(C)[Si](OC1=C[C@@H](c2cn(S(=O)(=O)c3ccccc3)c3ccccc23)[C@@H]2C(=O)N(C)C(=O)[C@@H]2[C@H]1N1C(=O)c2ccccc2C1=O)(C(C)C)C(C)C. The molecule has 0 saturated carbocycles. The zero-order chi connectivity index (χ0) is 37.4. The van der Waals surface area contributed by atoms with Gasteiger partial charge in [-0.1, -0.05) is 90.1 Å². The summed E-state index contributed by atoms with van der Waals surface area (Å²) in [5.41, 5.74) is 1.66. The summed E-state index contributed by atoms with van der Waals surface area (Å²) in [7, 11) is -5.47. The minimum Gasteiger partial charge on any atom is -0.544 e. The molecule has 3 heterocycles. The number of hydrogen-bond donors (Lipinski definition) is 0. The summed E-state index contributed by atoms with van der Waals surface area (Å²) in [6, 6.07) is 20.5.